The van der Waals surface area contributed by atoms with Gasteiger partial charge in [0.25, 0.3) is 0 Å². The zero-order valence-corrected chi connectivity index (χ0v) is 13.0. The van der Waals surface area contributed by atoms with E-state index in [1.807, 2.05) is 18.2 Å². The molecule has 0 saturated carbocycles. The second-order valence-corrected chi connectivity index (χ2v) is 5.51. The average molecular weight is 291 g/mol. The lowest BCUT2D eigenvalue weighted by atomic mass is 10.1. The van der Waals surface area contributed by atoms with E-state index in [-0.39, 0.29) is 0 Å². The Bertz CT molecular complexity index is 525. The Hall–Kier alpha value is -1.52. The van der Waals surface area contributed by atoms with Crippen LogP contribution in [0.1, 0.15) is 29.8 Å². The first-order valence-corrected chi connectivity index (χ1v) is 7.64. The van der Waals surface area contributed by atoms with Crippen LogP contribution in [0.25, 0.3) is 0 Å². The van der Waals surface area contributed by atoms with E-state index in [0.717, 1.165) is 30.0 Å². The zero-order chi connectivity index (χ0) is 14.4. The summed E-state index contributed by atoms with van der Waals surface area (Å²) in [4.78, 5) is 1.37. The van der Waals surface area contributed by atoms with Crippen molar-refractivity contribution in [1.29, 1.82) is 0 Å². The molecule has 0 fully saturated rings. The Kier molecular flexibility index (Phi) is 5.44. The lowest BCUT2D eigenvalue weighted by Gasteiger charge is -2.17. The molecule has 1 aromatic heterocycles. The molecule has 1 aromatic carbocycles. The number of benzene rings is 1. The molecule has 1 heterocycles. The van der Waals surface area contributed by atoms with Crippen LogP contribution in [0, 0.1) is 0 Å². The number of thiophene rings is 1. The van der Waals surface area contributed by atoms with Crippen LogP contribution < -0.4 is 14.8 Å². The Morgan fingerprint density at radius 2 is 2.05 bits per heavy atom. The van der Waals surface area contributed by atoms with Crippen molar-refractivity contribution in [1.82, 2.24) is 5.32 Å². The van der Waals surface area contributed by atoms with Crippen molar-refractivity contribution in [3.63, 3.8) is 0 Å². The van der Waals surface area contributed by atoms with Gasteiger partial charge in [-0.25, -0.2) is 0 Å². The minimum absolute atomic E-state index is 0.391. The first-order chi connectivity index (χ1) is 9.78. The topological polar surface area (TPSA) is 30.5 Å². The normalized spacial score (nSPS) is 12.2. The van der Waals surface area contributed by atoms with Gasteiger partial charge in [-0.15, -0.1) is 11.3 Å². The molecule has 108 valence electrons. The highest BCUT2D eigenvalue weighted by Gasteiger charge is 2.11. The molecule has 20 heavy (non-hydrogen) atoms. The summed E-state index contributed by atoms with van der Waals surface area (Å²) in [6.45, 7) is 2.98. The molecule has 0 spiro atoms. The summed E-state index contributed by atoms with van der Waals surface area (Å²) >= 11 is 1.79. The maximum Gasteiger partial charge on any atom is 0.127 e. The number of methoxy groups -OCH3 is 2. The van der Waals surface area contributed by atoms with Crippen molar-refractivity contribution in [2.45, 2.75) is 25.9 Å². The number of hydrogen-bond acceptors (Lipinski definition) is 4. The van der Waals surface area contributed by atoms with Crippen molar-refractivity contribution >= 4 is 11.3 Å². The predicted molar refractivity (Wildman–Crippen MR) is 83.7 cm³/mol. The third kappa shape index (κ3) is 3.52. The molecule has 2 rings (SSSR count). The van der Waals surface area contributed by atoms with Gasteiger partial charge >= 0.3 is 0 Å². The number of hydrogen-bond donors (Lipinski definition) is 1. The highest BCUT2D eigenvalue weighted by Crippen LogP contribution is 2.26. The Morgan fingerprint density at radius 1 is 1.20 bits per heavy atom. The van der Waals surface area contributed by atoms with Crippen LogP contribution in [0.2, 0.25) is 0 Å². The molecule has 0 radical (unpaired) electrons. The smallest absolute Gasteiger partial charge is 0.127 e. The van der Waals surface area contributed by atoms with Crippen molar-refractivity contribution in [2.24, 2.45) is 0 Å². The zero-order valence-electron chi connectivity index (χ0n) is 12.2. The van der Waals surface area contributed by atoms with Gasteiger partial charge in [-0.05, 0) is 23.9 Å². The van der Waals surface area contributed by atoms with E-state index in [2.05, 4.69) is 29.8 Å². The van der Waals surface area contributed by atoms with Crippen molar-refractivity contribution in [2.75, 3.05) is 14.2 Å². The van der Waals surface area contributed by atoms with Crippen molar-refractivity contribution in [3.05, 3.63) is 46.2 Å². The van der Waals surface area contributed by atoms with Crippen LogP contribution in [-0.2, 0) is 6.54 Å². The Labute approximate surface area is 124 Å². The first kappa shape index (κ1) is 14.9. The molecule has 0 bridgehead atoms. The maximum atomic E-state index is 5.43. The molecule has 4 heteroatoms. The molecule has 1 unspecified atom stereocenters. The van der Waals surface area contributed by atoms with Crippen molar-refractivity contribution < 1.29 is 9.47 Å². The fraction of sp³-hybridized carbons (Fsp3) is 0.375. The lowest BCUT2D eigenvalue weighted by Crippen LogP contribution is -2.19. The van der Waals surface area contributed by atoms with Crippen molar-refractivity contribution in [3.8, 4) is 11.5 Å². The molecule has 1 N–H and O–H groups in total. The summed E-state index contributed by atoms with van der Waals surface area (Å²) in [5.74, 6) is 1.67. The van der Waals surface area contributed by atoms with Gasteiger partial charge in [0.05, 0.1) is 14.2 Å². The molecular formula is C16H21NO2S. The summed E-state index contributed by atoms with van der Waals surface area (Å²) in [5, 5.41) is 5.71. The van der Waals surface area contributed by atoms with E-state index in [1.54, 1.807) is 25.6 Å². The summed E-state index contributed by atoms with van der Waals surface area (Å²) < 4.78 is 10.6. The summed E-state index contributed by atoms with van der Waals surface area (Å²) in [6.07, 6.45) is 1.07. The van der Waals surface area contributed by atoms with Gasteiger partial charge in [-0.3, -0.25) is 0 Å². The lowest BCUT2D eigenvalue weighted by molar-refractivity contribution is 0.388. The van der Waals surface area contributed by atoms with E-state index in [0.29, 0.717) is 6.04 Å². The van der Waals surface area contributed by atoms with E-state index in [4.69, 9.17) is 9.47 Å². The molecule has 3 nitrogen and oxygen atoms in total. The van der Waals surface area contributed by atoms with Gasteiger partial charge in [0.1, 0.15) is 11.5 Å². The molecule has 2 aromatic rings. The molecule has 0 aliphatic heterocycles. The van der Waals surface area contributed by atoms with Crippen LogP contribution in [-0.4, -0.2) is 14.2 Å². The second-order valence-electron chi connectivity index (χ2n) is 4.53. The van der Waals surface area contributed by atoms with Gasteiger partial charge in [0, 0.05) is 29.1 Å². The fourth-order valence-electron chi connectivity index (χ4n) is 2.17. The quantitative estimate of drug-likeness (QED) is 0.836. The highest BCUT2D eigenvalue weighted by atomic mass is 32.1. The van der Waals surface area contributed by atoms with Crippen LogP contribution in [0.5, 0.6) is 11.5 Å². The predicted octanol–water partition coefficient (Wildman–Crippen LogP) is 4.01. The SMILES string of the molecule is CCC(NCc1ccc(OC)cc1OC)c1cccs1. The highest BCUT2D eigenvalue weighted by molar-refractivity contribution is 7.10. The second kappa shape index (κ2) is 7.31. The summed E-state index contributed by atoms with van der Waals surface area (Å²) in [5.41, 5.74) is 1.14. The van der Waals surface area contributed by atoms with Gasteiger partial charge in [-0.1, -0.05) is 19.1 Å². The minimum atomic E-state index is 0.391. The van der Waals surface area contributed by atoms with Gasteiger partial charge < -0.3 is 14.8 Å². The van der Waals surface area contributed by atoms with E-state index in [1.165, 1.54) is 4.88 Å². The summed E-state index contributed by atoms with van der Waals surface area (Å²) in [7, 11) is 3.35. The van der Waals surface area contributed by atoms with Gasteiger partial charge in [-0.2, -0.15) is 0 Å². The fourth-order valence-corrected chi connectivity index (χ4v) is 3.05. The summed E-state index contributed by atoms with van der Waals surface area (Å²) in [6, 6.07) is 10.6. The van der Waals surface area contributed by atoms with E-state index < -0.39 is 0 Å². The van der Waals surface area contributed by atoms with E-state index in [9.17, 15) is 0 Å². The number of nitrogens with one attached hydrogen (secondary N) is 1. The van der Waals surface area contributed by atoms with Crippen LogP contribution in [0.4, 0.5) is 0 Å². The minimum Gasteiger partial charge on any atom is -0.497 e. The molecule has 1 atom stereocenters. The third-order valence-corrected chi connectivity index (χ3v) is 4.31. The molecule has 0 aliphatic carbocycles. The Morgan fingerprint density at radius 3 is 2.65 bits per heavy atom. The van der Waals surface area contributed by atoms with E-state index >= 15 is 0 Å². The van der Waals surface area contributed by atoms with Gasteiger partial charge in [0.15, 0.2) is 0 Å². The first-order valence-electron chi connectivity index (χ1n) is 6.76. The molecule has 0 saturated heterocycles. The van der Waals surface area contributed by atoms with Gasteiger partial charge in [0.2, 0.25) is 0 Å². The largest absolute Gasteiger partial charge is 0.497 e. The molecule has 0 amide bonds. The maximum absolute atomic E-state index is 5.43. The number of ether oxygens (including phenoxy) is 2. The Balaban J connectivity index is 2.06. The molecule has 0 aliphatic rings. The third-order valence-electron chi connectivity index (χ3n) is 3.33. The van der Waals surface area contributed by atoms with Crippen LogP contribution >= 0.6 is 11.3 Å². The standard InChI is InChI=1S/C16H21NO2S/c1-4-14(16-6-5-9-20-16)17-11-12-7-8-13(18-2)10-15(12)19-3/h5-10,14,17H,4,11H2,1-3H3. The molecular weight excluding hydrogens is 270 g/mol. The number of rotatable bonds is 7. The van der Waals surface area contributed by atoms with Crippen LogP contribution in [0.3, 0.4) is 0 Å². The van der Waals surface area contributed by atoms with Crippen LogP contribution in [0.15, 0.2) is 35.7 Å². The monoisotopic (exact) mass is 291 g/mol. The average Bonchev–Trinajstić information content (AvgIpc) is 3.02.